The summed E-state index contributed by atoms with van der Waals surface area (Å²) in [6.07, 6.45) is 0.999. The van der Waals surface area contributed by atoms with E-state index >= 15 is 0 Å². The van der Waals surface area contributed by atoms with Crippen LogP contribution < -0.4 is 21.6 Å². The summed E-state index contributed by atoms with van der Waals surface area (Å²) in [5, 5.41) is 8.31. The van der Waals surface area contributed by atoms with E-state index in [1.807, 2.05) is 51.1 Å². The SMILES string of the molecule is CN(/N=C/c1ccc(-c2cccc(CNC(=O)OC(C)(C)C)c2)o1)c1cc(=O)n(C)c(=O)[nH]1. The monoisotopic (exact) mass is 453 g/mol. The molecule has 3 aromatic rings. The minimum absolute atomic E-state index is 0.260. The molecule has 0 fully saturated rings. The minimum Gasteiger partial charge on any atom is -0.455 e. The Kier molecular flexibility index (Phi) is 6.86. The summed E-state index contributed by atoms with van der Waals surface area (Å²) in [4.78, 5) is 38.0. The van der Waals surface area contributed by atoms with Gasteiger partial charge in [0, 0.05) is 32.3 Å². The average molecular weight is 453 g/mol. The average Bonchev–Trinajstić information content (AvgIpc) is 3.22. The van der Waals surface area contributed by atoms with Crippen molar-refractivity contribution in [2.24, 2.45) is 12.1 Å². The van der Waals surface area contributed by atoms with Crippen molar-refractivity contribution in [3.63, 3.8) is 0 Å². The number of H-pyrrole nitrogens is 1. The minimum atomic E-state index is -0.558. The van der Waals surface area contributed by atoms with Crippen LogP contribution in [0.4, 0.5) is 10.6 Å². The molecule has 2 heterocycles. The van der Waals surface area contributed by atoms with Gasteiger partial charge in [-0.05, 0) is 44.5 Å². The van der Waals surface area contributed by atoms with Crippen molar-refractivity contribution in [3.8, 4) is 11.3 Å². The van der Waals surface area contributed by atoms with E-state index < -0.39 is 22.9 Å². The fourth-order valence-corrected chi connectivity index (χ4v) is 2.82. The van der Waals surface area contributed by atoms with Crippen molar-refractivity contribution in [1.29, 1.82) is 0 Å². The molecule has 0 aliphatic rings. The van der Waals surface area contributed by atoms with Crippen molar-refractivity contribution in [2.75, 3.05) is 12.1 Å². The Hall–Kier alpha value is -4.08. The predicted molar refractivity (Wildman–Crippen MR) is 126 cm³/mol. The van der Waals surface area contributed by atoms with Gasteiger partial charge >= 0.3 is 11.8 Å². The summed E-state index contributed by atoms with van der Waals surface area (Å²) in [5.41, 5.74) is 0.205. The number of benzene rings is 1. The number of hydrogen-bond donors (Lipinski definition) is 2. The van der Waals surface area contributed by atoms with Crippen LogP contribution in [0.5, 0.6) is 0 Å². The Bertz CT molecular complexity index is 1250. The van der Waals surface area contributed by atoms with E-state index in [2.05, 4.69) is 15.4 Å². The van der Waals surface area contributed by atoms with Gasteiger partial charge in [-0.3, -0.25) is 19.4 Å². The van der Waals surface area contributed by atoms with Crippen LogP contribution in [-0.2, 0) is 18.3 Å². The molecular formula is C23H27N5O5. The summed E-state index contributed by atoms with van der Waals surface area (Å²) < 4.78 is 12.1. The molecule has 0 bridgehead atoms. The van der Waals surface area contributed by atoms with Gasteiger partial charge in [0.2, 0.25) is 0 Å². The highest BCUT2D eigenvalue weighted by atomic mass is 16.6. The first kappa shape index (κ1) is 23.6. The summed E-state index contributed by atoms with van der Waals surface area (Å²) >= 11 is 0. The maximum Gasteiger partial charge on any atom is 0.407 e. The second-order valence-corrected chi connectivity index (χ2v) is 8.38. The lowest BCUT2D eigenvalue weighted by molar-refractivity contribution is 0.0523. The molecule has 10 nitrogen and oxygen atoms in total. The topological polar surface area (TPSA) is 122 Å². The number of amides is 1. The first-order valence-electron chi connectivity index (χ1n) is 10.3. The van der Waals surface area contributed by atoms with E-state index in [4.69, 9.17) is 9.15 Å². The van der Waals surface area contributed by atoms with Gasteiger partial charge in [0.05, 0.1) is 6.21 Å². The standard InChI is InChI=1S/C23H27N5O5/c1-23(2,3)33-22(31)24-13-15-7-6-8-16(11-15)18-10-9-17(32-18)14-25-28(5)19-12-20(29)27(4)21(30)26-19/h6-12,14H,13H2,1-5H3,(H,24,31)(H,26,30)/b25-14+. The molecule has 174 valence electrons. The van der Waals surface area contributed by atoms with Crippen LogP contribution >= 0.6 is 0 Å². The number of anilines is 1. The number of nitrogens with one attached hydrogen (secondary N) is 2. The van der Waals surface area contributed by atoms with Crippen LogP contribution in [0.1, 0.15) is 32.1 Å². The van der Waals surface area contributed by atoms with Crippen molar-refractivity contribution in [1.82, 2.24) is 14.9 Å². The summed E-state index contributed by atoms with van der Waals surface area (Å²) in [6.45, 7) is 5.74. The highest BCUT2D eigenvalue weighted by Gasteiger charge is 2.15. The van der Waals surface area contributed by atoms with Crippen molar-refractivity contribution >= 4 is 18.1 Å². The molecule has 0 unspecified atom stereocenters. The summed E-state index contributed by atoms with van der Waals surface area (Å²) in [7, 11) is 2.99. The normalized spacial score (nSPS) is 11.5. The third kappa shape index (κ3) is 6.45. The van der Waals surface area contributed by atoms with Gasteiger partial charge in [0.1, 0.15) is 22.9 Å². The molecule has 0 atom stereocenters. The molecule has 1 amide bonds. The lowest BCUT2D eigenvalue weighted by Crippen LogP contribution is -2.33. The Morgan fingerprint density at radius 1 is 1.24 bits per heavy atom. The van der Waals surface area contributed by atoms with E-state index in [1.165, 1.54) is 24.3 Å². The quantitative estimate of drug-likeness (QED) is 0.437. The number of rotatable bonds is 6. The van der Waals surface area contributed by atoms with Crippen LogP contribution in [0.3, 0.4) is 0 Å². The molecule has 0 aliphatic heterocycles. The van der Waals surface area contributed by atoms with Crippen molar-refractivity contribution in [2.45, 2.75) is 32.9 Å². The number of furan rings is 1. The number of hydrogen-bond acceptors (Lipinski definition) is 7. The van der Waals surface area contributed by atoms with E-state index in [0.717, 1.165) is 15.7 Å². The van der Waals surface area contributed by atoms with E-state index in [1.54, 1.807) is 13.1 Å². The molecule has 10 heteroatoms. The molecule has 0 spiro atoms. The number of nitrogens with zero attached hydrogens (tertiary/aromatic N) is 3. The van der Waals surface area contributed by atoms with Crippen LogP contribution in [-0.4, -0.2) is 34.5 Å². The number of aromatic nitrogens is 2. The van der Waals surface area contributed by atoms with E-state index in [9.17, 15) is 14.4 Å². The zero-order valence-corrected chi connectivity index (χ0v) is 19.2. The number of carbonyl (C=O) groups is 1. The van der Waals surface area contributed by atoms with Gasteiger partial charge in [0.25, 0.3) is 5.56 Å². The van der Waals surface area contributed by atoms with Gasteiger partial charge in [-0.1, -0.05) is 18.2 Å². The second kappa shape index (κ2) is 9.60. The largest absolute Gasteiger partial charge is 0.455 e. The lowest BCUT2D eigenvalue weighted by Gasteiger charge is -2.19. The lowest BCUT2D eigenvalue weighted by atomic mass is 10.1. The number of ether oxygens (including phenoxy) is 1. The highest BCUT2D eigenvalue weighted by Crippen LogP contribution is 2.23. The zero-order chi connectivity index (χ0) is 24.2. The van der Waals surface area contributed by atoms with Gasteiger partial charge in [-0.25, -0.2) is 9.59 Å². The van der Waals surface area contributed by atoms with Crippen molar-refractivity contribution in [3.05, 3.63) is 74.6 Å². The first-order valence-corrected chi connectivity index (χ1v) is 10.3. The van der Waals surface area contributed by atoms with Crippen LogP contribution in [0.25, 0.3) is 11.3 Å². The molecule has 0 saturated carbocycles. The number of carbonyl (C=O) groups excluding carboxylic acids is 1. The molecule has 3 rings (SSSR count). The number of aromatic amines is 1. The van der Waals surface area contributed by atoms with Crippen LogP contribution in [0.15, 0.2) is 61.6 Å². The molecule has 2 N–H and O–H groups in total. The number of alkyl carbamates (subject to hydrolysis) is 1. The number of hydrazone groups is 1. The molecule has 33 heavy (non-hydrogen) atoms. The maximum atomic E-state index is 11.9. The van der Waals surface area contributed by atoms with Crippen LogP contribution in [0, 0.1) is 0 Å². The smallest absolute Gasteiger partial charge is 0.407 e. The van der Waals surface area contributed by atoms with Gasteiger partial charge in [-0.15, -0.1) is 0 Å². The van der Waals surface area contributed by atoms with Gasteiger partial charge in [-0.2, -0.15) is 5.10 Å². The van der Waals surface area contributed by atoms with Crippen molar-refractivity contribution < 1.29 is 13.9 Å². The maximum absolute atomic E-state index is 11.9. The van der Waals surface area contributed by atoms with E-state index in [0.29, 0.717) is 18.1 Å². The first-order chi connectivity index (χ1) is 15.5. The predicted octanol–water partition coefficient (Wildman–Crippen LogP) is 2.83. The Labute approximate surface area is 190 Å². The van der Waals surface area contributed by atoms with E-state index in [-0.39, 0.29) is 5.82 Å². The third-order valence-electron chi connectivity index (χ3n) is 4.51. The molecule has 2 aromatic heterocycles. The molecule has 1 aromatic carbocycles. The highest BCUT2D eigenvalue weighted by molar-refractivity contribution is 5.78. The van der Waals surface area contributed by atoms with Gasteiger partial charge < -0.3 is 14.5 Å². The zero-order valence-electron chi connectivity index (χ0n) is 19.2. The van der Waals surface area contributed by atoms with Gasteiger partial charge in [0.15, 0.2) is 0 Å². The molecular weight excluding hydrogens is 426 g/mol. The Balaban J connectivity index is 1.67. The second-order valence-electron chi connectivity index (χ2n) is 8.38. The molecule has 0 radical (unpaired) electrons. The molecule has 0 aliphatic carbocycles. The fourth-order valence-electron chi connectivity index (χ4n) is 2.82. The Morgan fingerprint density at radius 3 is 2.70 bits per heavy atom. The Morgan fingerprint density at radius 2 is 2.00 bits per heavy atom. The summed E-state index contributed by atoms with van der Waals surface area (Å²) in [6, 6.07) is 12.4. The third-order valence-corrected chi connectivity index (χ3v) is 4.51. The fraction of sp³-hybridized carbons (Fsp3) is 0.304. The summed E-state index contributed by atoms with van der Waals surface area (Å²) in [5.74, 6) is 1.37. The molecule has 0 saturated heterocycles. The van der Waals surface area contributed by atoms with Crippen LogP contribution in [0.2, 0.25) is 0 Å².